The van der Waals surface area contributed by atoms with Crippen molar-refractivity contribution >= 4 is 5.91 Å². The average molecular weight is 309 g/mol. The van der Waals surface area contributed by atoms with Crippen LogP contribution >= 0.6 is 0 Å². The van der Waals surface area contributed by atoms with Crippen molar-refractivity contribution in [1.29, 1.82) is 0 Å². The van der Waals surface area contributed by atoms with Crippen LogP contribution in [0.2, 0.25) is 0 Å². The highest BCUT2D eigenvalue weighted by atomic mass is 16.1. The van der Waals surface area contributed by atoms with Crippen LogP contribution < -0.4 is 5.32 Å². The molecule has 2 rings (SSSR count). The third-order valence-corrected chi connectivity index (χ3v) is 4.32. The topological polar surface area (TPSA) is 29.1 Å². The van der Waals surface area contributed by atoms with Gasteiger partial charge in [-0.25, -0.2) is 0 Å². The Morgan fingerprint density at radius 3 is 2.22 bits per heavy atom. The molecule has 0 aliphatic rings. The number of nitrogens with one attached hydrogen (secondary N) is 1. The molecule has 2 atom stereocenters. The molecule has 0 fully saturated rings. The Bertz CT molecular complexity index is 579. The van der Waals surface area contributed by atoms with E-state index in [2.05, 4.69) is 48.6 Å². The van der Waals surface area contributed by atoms with E-state index in [9.17, 15) is 4.79 Å². The minimum Gasteiger partial charge on any atom is -0.349 e. The zero-order chi connectivity index (χ0) is 16.5. The number of amides is 1. The van der Waals surface area contributed by atoms with Crippen molar-refractivity contribution in [3.05, 3.63) is 71.8 Å². The average Bonchev–Trinajstić information content (AvgIpc) is 2.61. The Balaban J connectivity index is 1.80. The van der Waals surface area contributed by atoms with E-state index in [1.54, 1.807) is 0 Å². The molecule has 1 N–H and O–H groups in total. The largest absolute Gasteiger partial charge is 0.349 e. The van der Waals surface area contributed by atoms with Crippen LogP contribution in [-0.4, -0.2) is 5.91 Å². The maximum Gasteiger partial charge on any atom is 0.223 e. The highest BCUT2D eigenvalue weighted by molar-refractivity contribution is 5.78. The Labute approximate surface area is 139 Å². The fourth-order valence-corrected chi connectivity index (χ4v) is 2.81. The van der Waals surface area contributed by atoms with Gasteiger partial charge in [-0.05, 0) is 36.8 Å². The number of hydrogen-bond donors (Lipinski definition) is 1. The first-order chi connectivity index (χ1) is 11.2. The zero-order valence-electron chi connectivity index (χ0n) is 14.2. The summed E-state index contributed by atoms with van der Waals surface area (Å²) in [6.45, 7) is 4.13. The van der Waals surface area contributed by atoms with Gasteiger partial charge in [0.05, 0.1) is 6.04 Å². The van der Waals surface area contributed by atoms with Crippen molar-refractivity contribution in [2.45, 2.75) is 45.6 Å². The van der Waals surface area contributed by atoms with E-state index in [-0.39, 0.29) is 17.9 Å². The standard InChI is InChI=1S/C21H27NO/c1-3-20(19-15-8-5-9-16-19)22-21(23)17(2)11-10-14-18-12-6-4-7-13-18/h4-9,12-13,15-17,20H,3,10-11,14H2,1-2H3,(H,22,23). The van der Waals surface area contributed by atoms with Crippen LogP contribution in [0.1, 0.15) is 50.3 Å². The van der Waals surface area contributed by atoms with Crippen LogP contribution in [-0.2, 0) is 11.2 Å². The summed E-state index contributed by atoms with van der Waals surface area (Å²) in [5.74, 6) is 0.213. The van der Waals surface area contributed by atoms with Crippen LogP contribution in [0.4, 0.5) is 0 Å². The quantitative estimate of drug-likeness (QED) is 0.737. The number of benzene rings is 2. The summed E-state index contributed by atoms with van der Waals surface area (Å²) in [6, 6.07) is 20.8. The molecule has 0 bridgehead atoms. The molecule has 0 radical (unpaired) electrons. The summed E-state index contributed by atoms with van der Waals surface area (Å²) in [7, 11) is 0. The smallest absolute Gasteiger partial charge is 0.223 e. The molecule has 0 saturated carbocycles. The predicted molar refractivity (Wildman–Crippen MR) is 96.2 cm³/mol. The second-order valence-corrected chi connectivity index (χ2v) is 6.16. The van der Waals surface area contributed by atoms with Crippen molar-refractivity contribution in [3.8, 4) is 0 Å². The van der Waals surface area contributed by atoms with E-state index in [0.29, 0.717) is 0 Å². The summed E-state index contributed by atoms with van der Waals surface area (Å²) >= 11 is 0. The van der Waals surface area contributed by atoms with Crippen LogP contribution in [0.25, 0.3) is 0 Å². The first-order valence-corrected chi connectivity index (χ1v) is 8.60. The molecule has 2 heteroatoms. The molecule has 0 aliphatic heterocycles. The third kappa shape index (κ3) is 5.55. The highest BCUT2D eigenvalue weighted by Gasteiger charge is 2.17. The van der Waals surface area contributed by atoms with Gasteiger partial charge in [-0.15, -0.1) is 0 Å². The highest BCUT2D eigenvalue weighted by Crippen LogP contribution is 2.18. The van der Waals surface area contributed by atoms with Gasteiger partial charge in [0.1, 0.15) is 0 Å². The SMILES string of the molecule is CCC(NC(=O)C(C)CCCc1ccccc1)c1ccccc1. The molecule has 122 valence electrons. The van der Waals surface area contributed by atoms with E-state index in [4.69, 9.17) is 0 Å². The molecule has 1 amide bonds. The number of hydrogen-bond acceptors (Lipinski definition) is 1. The first-order valence-electron chi connectivity index (χ1n) is 8.60. The monoisotopic (exact) mass is 309 g/mol. The molecule has 23 heavy (non-hydrogen) atoms. The van der Waals surface area contributed by atoms with Gasteiger partial charge >= 0.3 is 0 Å². The molecule has 0 spiro atoms. The van der Waals surface area contributed by atoms with E-state index < -0.39 is 0 Å². The molecule has 2 nitrogen and oxygen atoms in total. The van der Waals surface area contributed by atoms with Gasteiger partial charge in [0.15, 0.2) is 0 Å². The Kier molecular flexibility index (Phi) is 6.86. The lowest BCUT2D eigenvalue weighted by Gasteiger charge is -2.20. The maximum atomic E-state index is 12.4. The van der Waals surface area contributed by atoms with Crippen LogP contribution in [0.3, 0.4) is 0 Å². The fourth-order valence-electron chi connectivity index (χ4n) is 2.81. The van der Waals surface area contributed by atoms with Crippen molar-refractivity contribution in [1.82, 2.24) is 5.32 Å². The van der Waals surface area contributed by atoms with Gasteiger partial charge < -0.3 is 5.32 Å². The van der Waals surface area contributed by atoms with Crippen molar-refractivity contribution < 1.29 is 4.79 Å². The van der Waals surface area contributed by atoms with Crippen LogP contribution in [0, 0.1) is 5.92 Å². The molecule has 2 aromatic rings. The third-order valence-electron chi connectivity index (χ3n) is 4.32. The second kappa shape index (κ2) is 9.14. The lowest BCUT2D eigenvalue weighted by Crippen LogP contribution is -2.32. The normalized spacial score (nSPS) is 13.3. The second-order valence-electron chi connectivity index (χ2n) is 6.16. The molecule has 2 unspecified atom stereocenters. The minimum absolute atomic E-state index is 0.0523. The number of carbonyl (C=O) groups excluding carboxylic acids is 1. The van der Waals surface area contributed by atoms with Crippen molar-refractivity contribution in [3.63, 3.8) is 0 Å². The van der Waals surface area contributed by atoms with E-state index in [1.807, 2.05) is 31.2 Å². The van der Waals surface area contributed by atoms with Gasteiger partial charge in [-0.2, -0.15) is 0 Å². The van der Waals surface area contributed by atoms with E-state index >= 15 is 0 Å². The first kappa shape index (κ1) is 17.3. The molecular weight excluding hydrogens is 282 g/mol. The van der Waals surface area contributed by atoms with Crippen molar-refractivity contribution in [2.75, 3.05) is 0 Å². The Morgan fingerprint density at radius 1 is 1.00 bits per heavy atom. The summed E-state index contributed by atoms with van der Waals surface area (Å²) in [5.41, 5.74) is 2.52. The summed E-state index contributed by atoms with van der Waals surface area (Å²) in [6.07, 6.45) is 3.91. The minimum atomic E-state index is 0.0523. The van der Waals surface area contributed by atoms with Crippen LogP contribution in [0.5, 0.6) is 0 Å². The van der Waals surface area contributed by atoms with Gasteiger partial charge in [0, 0.05) is 5.92 Å². The zero-order valence-corrected chi connectivity index (χ0v) is 14.2. The number of aryl methyl sites for hydroxylation is 1. The summed E-state index contributed by atoms with van der Waals surface area (Å²) in [4.78, 5) is 12.4. The van der Waals surface area contributed by atoms with E-state index in [1.165, 1.54) is 11.1 Å². The van der Waals surface area contributed by atoms with Crippen molar-refractivity contribution in [2.24, 2.45) is 5.92 Å². The molecule has 2 aromatic carbocycles. The molecule has 0 aliphatic carbocycles. The Hall–Kier alpha value is -2.09. The molecule has 0 saturated heterocycles. The van der Waals surface area contributed by atoms with Gasteiger partial charge in [-0.3, -0.25) is 4.79 Å². The summed E-state index contributed by atoms with van der Waals surface area (Å²) in [5, 5.41) is 3.19. The number of rotatable bonds is 8. The molecule has 0 aromatic heterocycles. The summed E-state index contributed by atoms with van der Waals surface area (Å²) < 4.78 is 0. The predicted octanol–water partition coefficient (Wildman–Crippen LogP) is 4.91. The van der Waals surface area contributed by atoms with Gasteiger partial charge in [0.25, 0.3) is 0 Å². The van der Waals surface area contributed by atoms with Crippen LogP contribution in [0.15, 0.2) is 60.7 Å². The lowest BCUT2D eigenvalue weighted by molar-refractivity contribution is -0.125. The van der Waals surface area contributed by atoms with E-state index in [0.717, 1.165) is 25.7 Å². The Morgan fingerprint density at radius 2 is 1.61 bits per heavy atom. The fraction of sp³-hybridized carbons (Fsp3) is 0.381. The molecule has 0 heterocycles. The van der Waals surface area contributed by atoms with Gasteiger partial charge in [-0.1, -0.05) is 74.5 Å². The molecular formula is C21H27NO. The van der Waals surface area contributed by atoms with Gasteiger partial charge in [0.2, 0.25) is 5.91 Å². The lowest BCUT2D eigenvalue weighted by atomic mass is 9.98. The number of carbonyl (C=O) groups is 1. The maximum absolute atomic E-state index is 12.4.